The molecule has 1 aromatic carbocycles. The number of benzene rings is 1. The summed E-state index contributed by atoms with van der Waals surface area (Å²) in [6.45, 7) is 2.31. The molecule has 25 heavy (non-hydrogen) atoms. The largest absolute Gasteiger partial charge is 0.493 e. The van der Waals surface area contributed by atoms with Gasteiger partial charge in [-0.15, -0.1) is 0 Å². The number of carboxylic acids is 1. The number of carbonyl (C=O) groups is 2. The Bertz CT molecular complexity index is 752. The van der Waals surface area contributed by atoms with Crippen LogP contribution in [0.2, 0.25) is 0 Å². The van der Waals surface area contributed by atoms with Crippen LogP contribution in [-0.4, -0.2) is 49.2 Å². The van der Waals surface area contributed by atoms with Gasteiger partial charge in [-0.25, -0.2) is 0 Å². The first kappa shape index (κ1) is 18.4. The van der Waals surface area contributed by atoms with Crippen LogP contribution in [0.4, 0.5) is 0 Å². The van der Waals surface area contributed by atoms with Gasteiger partial charge < -0.3 is 23.9 Å². The van der Waals surface area contributed by atoms with Gasteiger partial charge in [-0.2, -0.15) is 0 Å². The molecule has 0 saturated carbocycles. The number of nitrogens with zero attached hydrogens (tertiary/aromatic N) is 1. The molecule has 2 rings (SSSR count). The van der Waals surface area contributed by atoms with Gasteiger partial charge in [-0.05, 0) is 19.1 Å². The van der Waals surface area contributed by atoms with E-state index in [9.17, 15) is 9.59 Å². The Labute approximate surface area is 145 Å². The van der Waals surface area contributed by atoms with Crippen LogP contribution >= 0.6 is 0 Å². The molecule has 0 fully saturated rings. The van der Waals surface area contributed by atoms with E-state index in [2.05, 4.69) is 0 Å². The van der Waals surface area contributed by atoms with Crippen LogP contribution in [-0.2, 0) is 11.2 Å². The number of aryl methyl sites for hydroxylation is 1. The minimum Gasteiger partial charge on any atom is -0.493 e. The maximum absolute atomic E-state index is 12.6. The van der Waals surface area contributed by atoms with Crippen LogP contribution in [0, 0.1) is 6.92 Å². The summed E-state index contributed by atoms with van der Waals surface area (Å²) in [4.78, 5) is 25.0. The average Bonchev–Trinajstić information content (AvgIpc) is 2.94. The minimum atomic E-state index is -1.05. The maximum Gasteiger partial charge on any atom is 0.311 e. The fourth-order valence-corrected chi connectivity index (χ4v) is 2.38. The van der Waals surface area contributed by atoms with E-state index in [1.807, 2.05) is 12.1 Å². The molecule has 1 amide bonds. The van der Waals surface area contributed by atoms with E-state index in [0.29, 0.717) is 29.2 Å². The molecule has 7 heteroatoms. The van der Waals surface area contributed by atoms with E-state index in [1.165, 1.54) is 11.2 Å². The third kappa shape index (κ3) is 4.53. The minimum absolute atomic E-state index is 0.160. The first-order valence-corrected chi connectivity index (χ1v) is 7.74. The molecule has 134 valence electrons. The number of likely N-dealkylation sites (N-methyl/N-ethyl adjacent to an activating group) is 1. The van der Waals surface area contributed by atoms with Gasteiger partial charge in [0, 0.05) is 12.6 Å². The number of hydrogen-bond donors (Lipinski definition) is 1. The smallest absolute Gasteiger partial charge is 0.311 e. The molecular formula is C18H21NO6. The summed E-state index contributed by atoms with van der Waals surface area (Å²) in [6.07, 6.45) is 1.06. The Hall–Kier alpha value is -2.96. The highest BCUT2D eigenvalue weighted by Gasteiger charge is 2.23. The summed E-state index contributed by atoms with van der Waals surface area (Å²) in [5.74, 6) is 0.0204. The Morgan fingerprint density at radius 2 is 1.92 bits per heavy atom. The number of rotatable bonds is 8. The van der Waals surface area contributed by atoms with Crippen molar-refractivity contribution in [3.05, 3.63) is 47.4 Å². The van der Waals surface area contributed by atoms with Crippen molar-refractivity contribution in [2.75, 3.05) is 27.3 Å². The summed E-state index contributed by atoms with van der Waals surface area (Å²) in [5.41, 5.74) is 0.904. The fourth-order valence-electron chi connectivity index (χ4n) is 2.38. The standard InChI is InChI=1S/C18H21NO6/c1-12-11-25-15(10-16(20)21)17(12)18(22)19(2)8-9-24-14-7-5-4-6-13(14)23-3/h4-7,11H,8-10H2,1-3H3,(H,20,21). The lowest BCUT2D eigenvalue weighted by molar-refractivity contribution is -0.136. The maximum atomic E-state index is 12.6. The molecule has 0 saturated heterocycles. The molecule has 0 aliphatic carbocycles. The number of furan rings is 1. The van der Waals surface area contributed by atoms with Crippen LogP contribution in [0.5, 0.6) is 11.5 Å². The highest BCUT2D eigenvalue weighted by atomic mass is 16.5. The molecule has 7 nitrogen and oxygen atoms in total. The van der Waals surface area contributed by atoms with Gasteiger partial charge in [0.15, 0.2) is 11.5 Å². The molecule has 0 aliphatic heterocycles. The Kier molecular flexibility index (Phi) is 6.05. The van der Waals surface area contributed by atoms with Crippen molar-refractivity contribution in [3.8, 4) is 11.5 Å². The molecule has 0 atom stereocenters. The molecular weight excluding hydrogens is 326 g/mol. The van der Waals surface area contributed by atoms with E-state index in [4.69, 9.17) is 19.0 Å². The fraction of sp³-hybridized carbons (Fsp3) is 0.333. The lowest BCUT2D eigenvalue weighted by Crippen LogP contribution is -2.31. The van der Waals surface area contributed by atoms with Crippen LogP contribution in [0.3, 0.4) is 0 Å². The monoisotopic (exact) mass is 347 g/mol. The molecule has 0 spiro atoms. The molecule has 0 radical (unpaired) electrons. The summed E-state index contributed by atoms with van der Waals surface area (Å²) >= 11 is 0. The average molecular weight is 347 g/mol. The number of carbonyl (C=O) groups excluding carboxylic acids is 1. The van der Waals surface area contributed by atoms with Crippen molar-refractivity contribution in [1.82, 2.24) is 4.90 Å². The number of hydrogen-bond acceptors (Lipinski definition) is 5. The molecule has 0 aliphatic rings. The quantitative estimate of drug-likeness (QED) is 0.788. The second-order valence-corrected chi connectivity index (χ2v) is 5.51. The predicted octanol–water partition coefficient (Wildman–Crippen LogP) is 2.37. The highest BCUT2D eigenvalue weighted by Crippen LogP contribution is 2.25. The Morgan fingerprint density at radius 3 is 2.56 bits per heavy atom. The van der Waals surface area contributed by atoms with Crippen molar-refractivity contribution in [1.29, 1.82) is 0 Å². The number of methoxy groups -OCH3 is 1. The molecule has 1 N–H and O–H groups in total. The number of amides is 1. The van der Waals surface area contributed by atoms with Gasteiger partial charge in [0.05, 0.1) is 25.5 Å². The third-order valence-corrected chi connectivity index (χ3v) is 3.68. The topological polar surface area (TPSA) is 89.2 Å². The summed E-state index contributed by atoms with van der Waals surface area (Å²) in [7, 11) is 3.19. The summed E-state index contributed by atoms with van der Waals surface area (Å²) in [6, 6.07) is 7.25. The van der Waals surface area contributed by atoms with Crippen LogP contribution in [0.1, 0.15) is 21.7 Å². The highest BCUT2D eigenvalue weighted by molar-refractivity contribution is 5.97. The lowest BCUT2D eigenvalue weighted by atomic mass is 10.1. The van der Waals surface area contributed by atoms with E-state index < -0.39 is 5.97 Å². The van der Waals surface area contributed by atoms with Crippen molar-refractivity contribution in [3.63, 3.8) is 0 Å². The van der Waals surface area contributed by atoms with E-state index in [0.717, 1.165) is 0 Å². The van der Waals surface area contributed by atoms with Crippen LogP contribution in [0.25, 0.3) is 0 Å². The predicted molar refractivity (Wildman–Crippen MR) is 90.2 cm³/mol. The number of para-hydroxylation sites is 2. The normalized spacial score (nSPS) is 10.4. The third-order valence-electron chi connectivity index (χ3n) is 3.68. The molecule has 1 aromatic heterocycles. The zero-order valence-corrected chi connectivity index (χ0v) is 14.4. The first-order chi connectivity index (χ1) is 11.9. The molecule has 0 bridgehead atoms. The lowest BCUT2D eigenvalue weighted by Gasteiger charge is -2.18. The Morgan fingerprint density at radius 1 is 1.24 bits per heavy atom. The van der Waals surface area contributed by atoms with E-state index in [1.54, 1.807) is 33.2 Å². The van der Waals surface area contributed by atoms with E-state index >= 15 is 0 Å². The zero-order chi connectivity index (χ0) is 18.4. The molecule has 2 aromatic rings. The van der Waals surface area contributed by atoms with Crippen molar-refractivity contribution < 1.29 is 28.6 Å². The second kappa shape index (κ2) is 8.23. The zero-order valence-electron chi connectivity index (χ0n) is 14.4. The number of ether oxygens (including phenoxy) is 2. The van der Waals surface area contributed by atoms with Gasteiger partial charge in [0.25, 0.3) is 5.91 Å². The summed E-state index contributed by atoms with van der Waals surface area (Å²) in [5, 5.41) is 8.92. The SMILES string of the molecule is COc1ccccc1OCCN(C)C(=O)c1c(C)coc1CC(=O)O. The molecule has 1 heterocycles. The first-order valence-electron chi connectivity index (χ1n) is 7.74. The number of carboxylic acid groups (broad SMARTS) is 1. The van der Waals surface area contributed by atoms with Gasteiger partial charge in [0.2, 0.25) is 0 Å². The summed E-state index contributed by atoms with van der Waals surface area (Å²) < 4.78 is 16.1. The van der Waals surface area contributed by atoms with Crippen LogP contribution < -0.4 is 9.47 Å². The van der Waals surface area contributed by atoms with Gasteiger partial charge in [-0.1, -0.05) is 12.1 Å². The second-order valence-electron chi connectivity index (χ2n) is 5.51. The Balaban J connectivity index is 1.99. The van der Waals surface area contributed by atoms with Gasteiger partial charge in [0.1, 0.15) is 18.8 Å². The van der Waals surface area contributed by atoms with Crippen molar-refractivity contribution in [2.24, 2.45) is 0 Å². The van der Waals surface area contributed by atoms with Gasteiger partial charge in [-0.3, -0.25) is 9.59 Å². The number of aliphatic carboxylic acids is 1. The van der Waals surface area contributed by atoms with E-state index in [-0.39, 0.29) is 24.7 Å². The van der Waals surface area contributed by atoms with Crippen LogP contribution in [0.15, 0.2) is 34.9 Å². The van der Waals surface area contributed by atoms with Crippen molar-refractivity contribution in [2.45, 2.75) is 13.3 Å². The van der Waals surface area contributed by atoms with Crippen molar-refractivity contribution >= 4 is 11.9 Å². The van der Waals surface area contributed by atoms with Gasteiger partial charge >= 0.3 is 5.97 Å². The molecule has 0 unspecified atom stereocenters.